The van der Waals surface area contributed by atoms with Crippen LogP contribution in [0.1, 0.15) is 38.3 Å². The van der Waals surface area contributed by atoms with Crippen molar-refractivity contribution in [2.45, 2.75) is 43.5 Å². The highest BCUT2D eigenvalue weighted by Crippen LogP contribution is 2.35. The van der Waals surface area contributed by atoms with Crippen molar-refractivity contribution in [1.29, 1.82) is 0 Å². The molecule has 25 heavy (non-hydrogen) atoms. The summed E-state index contributed by atoms with van der Waals surface area (Å²) in [5.41, 5.74) is -0.604. The Kier molecular flexibility index (Phi) is 6.10. The van der Waals surface area contributed by atoms with Gasteiger partial charge in [-0.1, -0.05) is 62.1 Å². The van der Waals surface area contributed by atoms with Gasteiger partial charge in [-0.15, -0.1) is 10.2 Å². The van der Waals surface area contributed by atoms with Crippen LogP contribution in [0.15, 0.2) is 28.6 Å². The number of thioether (sulfide) groups is 1. The molecule has 1 aromatic carbocycles. The highest BCUT2D eigenvalue weighted by molar-refractivity contribution is 8.00. The number of hydrogen-bond acceptors (Lipinski definition) is 5. The molecule has 1 aromatic heterocycles. The number of halogens is 3. The number of alkyl halides is 3. The lowest BCUT2D eigenvalue weighted by atomic mass is 9.92. The first-order chi connectivity index (χ1) is 11.5. The number of anilines is 1. The summed E-state index contributed by atoms with van der Waals surface area (Å²) in [4.78, 5) is 11.9. The lowest BCUT2D eigenvalue weighted by molar-refractivity contribution is -0.138. The van der Waals surface area contributed by atoms with Crippen LogP contribution in [0, 0.1) is 5.41 Å². The molecular formula is C16H18F3N3OS2. The molecule has 4 nitrogen and oxygen atoms in total. The van der Waals surface area contributed by atoms with Gasteiger partial charge < -0.3 is 5.32 Å². The van der Waals surface area contributed by atoms with Gasteiger partial charge in [0.15, 0.2) is 4.34 Å². The number of nitrogens with one attached hydrogen (secondary N) is 1. The number of amides is 1. The SMILES string of the molecule is CC(C)(C)CC(=O)Nc1nnc(SCc2ccccc2C(F)(F)F)s1. The first-order valence-corrected chi connectivity index (χ1v) is 9.26. The van der Waals surface area contributed by atoms with Crippen LogP contribution in [0.4, 0.5) is 18.3 Å². The van der Waals surface area contributed by atoms with Crippen molar-refractivity contribution in [2.24, 2.45) is 5.41 Å². The monoisotopic (exact) mass is 389 g/mol. The Morgan fingerprint density at radius 3 is 2.52 bits per heavy atom. The molecular weight excluding hydrogens is 371 g/mol. The van der Waals surface area contributed by atoms with E-state index in [1.54, 1.807) is 6.07 Å². The zero-order valence-electron chi connectivity index (χ0n) is 14.0. The van der Waals surface area contributed by atoms with E-state index in [0.717, 1.165) is 29.2 Å². The van der Waals surface area contributed by atoms with Crippen LogP contribution in [0.5, 0.6) is 0 Å². The number of benzene rings is 1. The molecule has 1 amide bonds. The van der Waals surface area contributed by atoms with Crippen molar-refractivity contribution >= 4 is 34.1 Å². The van der Waals surface area contributed by atoms with E-state index in [4.69, 9.17) is 0 Å². The molecule has 0 saturated carbocycles. The van der Waals surface area contributed by atoms with Crippen LogP contribution >= 0.6 is 23.1 Å². The smallest absolute Gasteiger partial charge is 0.300 e. The molecule has 9 heteroatoms. The molecule has 0 aliphatic rings. The van der Waals surface area contributed by atoms with Gasteiger partial charge in [0.2, 0.25) is 11.0 Å². The third-order valence-electron chi connectivity index (χ3n) is 3.02. The van der Waals surface area contributed by atoms with Gasteiger partial charge in [-0.05, 0) is 17.0 Å². The highest BCUT2D eigenvalue weighted by Gasteiger charge is 2.32. The summed E-state index contributed by atoms with van der Waals surface area (Å²) in [7, 11) is 0. The van der Waals surface area contributed by atoms with Crippen LogP contribution in [0.2, 0.25) is 0 Å². The van der Waals surface area contributed by atoms with E-state index in [0.29, 0.717) is 15.9 Å². The Morgan fingerprint density at radius 2 is 1.88 bits per heavy atom. The Morgan fingerprint density at radius 1 is 1.20 bits per heavy atom. The molecule has 0 unspecified atom stereocenters. The number of carbonyl (C=O) groups is 1. The van der Waals surface area contributed by atoms with E-state index in [2.05, 4.69) is 15.5 Å². The fraction of sp³-hybridized carbons (Fsp3) is 0.438. The molecule has 0 bridgehead atoms. The van der Waals surface area contributed by atoms with Crippen LogP contribution in [-0.4, -0.2) is 16.1 Å². The topological polar surface area (TPSA) is 54.9 Å². The second-order valence-electron chi connectivity index (χ2n) is 6.60. The molecule has 2 rings (SSSR count). The maximum atomic E-state index is 13.0. The fourth-order valence-corrected chi connectivity index (χ4v) is 3.80. The summed E-state index contributed by atoms with van der Waals surface area (Å²) < 4.78 is 39.4. The van der Waals surface area contributed by atoms with E-state index in [1.165, 1.54) is 12.1 Å². The Hall–Kier alpha value is -1.61. The second kappa shape index (κ2) is 7.74. The molecule has 0 fully saturated rings. The third kappa shape index (κ3) is 6.32. The second-order valence-corrected chi connectivity index (χ2v) is 8.80. The van der Waals surface area contributed by atoms with Crippen LogP contribution in [0.25, 0.3) is 0 Å². The number of nitrogens with zero attached hydrogens (tertiary/aromatic N) is 2. The predicted octanol–water partition coefficient (Wildman–Crippen LogP) is 5.22. The molecule has 0 radical (unpaired) electrons. The van der Waals surface area contributed by atoms with Crippen LogP contribution < -0.4 is 5.32 Å². The molecule has 0 aliphatic heterocycles. The predicted molar refractivity (Wildman–Crippen MR) is 93.6 cm³/mol. The third-order valence-corrected chi connectivity index (χ3v) is 5.04. The van der Waals surface area contributed by atoms with Gasteiger partial charge in [0.25, 0.3) is 0 Å². The summed E-state index contributed by atoms with van der Waals surface area (Å²) in [6.45, 7) is 5.85. The van der Waals surface area contributed by atoms with E-state index in [9.17, 15) is 18.0 Å². The molecule has 1 heterocycles. The van der Waals surface area contributed by atoms with Crippen molar-refractivity contribution in [3.05, 3.63) is 35.4 Å². The minimum Gasteiger partial charge on any atom is -0.300 e. The number of hydrogen-bond donors (Lipinski definition) is 1. The fourth-order valence-electron chi connectivity index (χ4n) is 2.03. The van der Waals surface area contributed by atoms with Crippen molar-refractivity contribution in [3.63, 3.8) is 0 Å². The molecule has 2 aromatic rings. The van der Waals surface area contributed by atoms with Crippen molar-refractivity contribution in [2.75, 3.05) is 5.32 Å². The van der Waals surface area contributed by atoms with E-state index >= 15 is 0 Å². The van der Waals surface area contributed by atoms with Crippen LogP contribution in [-0.2, 0) is 16.7 Å². The first kappa shape index (κ1) is 19.7. The first-order valence-electron chi connectivity index (χ1n) is 7.46. The van der Waals surface area contributed by atoms with Gasteiger partial charge in [-0.2, -0.15) is 13.2 Å². The van der Waals surface area contributed by atoms with Gasteiger partial charge in [0.05, 0.1) is 5.56 Å². The Balaban J connectivity index is 1.98. The average Bonchev–Trinajstić information content (AvgIpc) is 2.89. The largest absolute Gasteiger partial charge is 0.416 e. The molecule has 0 spiro atoms. The zero-order chi connectivity index (χ0) is 18.7. The van der Waals surface area contributed by atoms with E-state index in [1.807, 2.05) is 20.8 Å². The van der Waals surface area contributed by atoms with E-state index in [-0.39, 0.29) is 22.6 Å². The summed E-state index contributed by atoms with van der Waals surface area (Å²) in [6.07, 6.45) is -4.04. The summed E-state index contributed by atoms with van der Waals surface area (Å²) in [5, 5.41) is 10.8. The zero-order valence-corrected chi connectivity index (χ0v) is 15.6. The van der Waals surface area contributed by atoms with Crippen molar-refractivity contribution in [3.8, 4) is 0 Å². The van der Waals surface area contributed by atoms with Gasteiger partial charge in [-0.25, -0.2) is 0 Å². The van der Waals surface area contributed by atoms with Crippen molar-refractivity contribution in [1.82, 2.24) is 10.2 Å². The quantitative estimate of drug-likeness (QED) is 0.562. The summed E-state index contributed by atoms with van der Waals surface area (Å²) >= 11 is 2.31. The Labute approximate surface area is 152 Å². The molecule has 1 N–H and O–H groups in total. The molecule has 0 atom stereocenters. The van der Waals surface area contributed by atoms with Gasteiger partial charge in [-0.3, -0.25) is 4.79 Å². The Bertz CT molecular complexity index is 739. The van der Waals surface area contributed by atoms with Gasteiger partial charge in [0, 0.05) is 12.2 Å². The standard InChI is InChI=1S/C16H18F3N3OS2/c1-15(2,3)8-12(23)20-13-21-22-14(25-13)24-9-10-6-4-5-7-11(10)16(17,18)19/h4-7H,8-9H2,1-3H3,(H,20,21,23). The molecule has 136 valence electrons. The lowest BCUT2D eigenvalue weighted by Crippen LogP contribution is -2.19. The van der Waals surface area contributed by atoms with Crippen LogP contribution in [0.3, 0.4) is 0 Å². The lowest BCUT2D eigenvalue weighted by Gasteiger charge is -2.16. The van der Waals surface area contributed by atoms with Crippen molar-refractivity contribution < 1.29 is 18.0 Å². The minimum absolute atomic E-state index is 0.125. The maximum absolute atomic E-state index is 13.0. The average molecular weight is 389 g/mol. The number of carbonyl (C=O) groups excluding carboxylic acids is 1. The highest BCUT2D eigenvalue weighted by atomic mass is 32.2. The summed E-state index contributed by atoms with van der Waals surface area (Å²) in [5.74, 6) is -0.0390. The van der Waals surface area contributed by atoms with E-state index < -0.39 is 11.7 Å². The normalized spacial score (nSPS) is 12.2. The minimum atomic E-state index is -4.38. The molecule has 0 aliphatic carbocycles. The molecule has 0 saturated heterocycles. The maximum Gasteiger partial charge on any atom is 0.416 e. The number of rotatable bonds is 5. The summed E-state index contributed by atoms with van der Waals surface area (Å²) in [6, 6.07) is 5.45. The van der Waals surface area contributed by atoms with Gasteiger partial charge in [0.1, 0.15) is 0 Å². The van der Waals surface area contributed by atoms with Gasteiger partial charge >= 0.3 is 6.18 Å². The number of aromatic nitrogens is 2.